The van der Waals surface area contributed by atoms with Gasteiger partial charge in [-0.05, 0) is 42.5 Å². The molecule has 3 rings (SSSR count). The van der Waals surface area contributed by atoms with Gasteiger partial charge in [0.1, 0.15) is 5.82 Å². The number of rotatable bonds is 4. The summed E-state index contributed by atoms with van der Waals surface area (Å²) in [7, 11) is 3.28. The van der Waals surface area contributed by atoms with Gasteiger partial charge < -0.3 is 9.88 Å². The van der Waals surface area contributed by atoms with Crippen LogP contribution in [0.4, 0.5) is 4.39 Å². The van der Waals surface area contributed by atoms with Gasteiger partial charge in [0.25, 0.3) is 5.56 Å². The molecule has 0 bridgehead atoms. The highest BCUT2D eigenvalue weighted by molar-refractivity contribution is 5.91. The third kappa shape index (κ3) is 3.25. The van der Waals surface area contributed by atoms with E-state index < -0.39 is 0 Å². The predicted octanol–water partition coefficient (Wildman–Crippen LogP) is 3.33. The van der Waals surface area contributed by atoms with Crippen molar-refractivity contribution in [3.05, 3.63) is 69.8 Å². The van der Waals surface area contributed by atoms with Crippen molar-refractivity contribution < 1.29 is 9.18 Å². The Labute approximate surface area is 151 Å². The number of aryl methyl sites for hydroxylation is 2. The lowest BCUT2D eigenvalue weighted by Crippen LogP contribution is -2.22. The molecule has 0 fully saturated rings. The van der Waals surface area contributed by atoms with Crippen molar-refractivity contribution in [3.8, 4) is 11.3 Å². The van der Waals surface area contributed by atoms with E-state index >= 15 is 0 Å². The van der Waals surface area contributed by atoms with Crippen LogP contribution >= 0.6 is 0 Å². The molecule has 1 heterocycles. The Balaban J connectivity index is 2.34. The second-order valence-corrected chi connectivity index (χ2v) is 6.42. The molecule has 1 aromatic heterocycles. The topological polar surface area (TPSA) is 51.1 Å². The van der Waals surface area contributed by atoms with Gasteiger partial charge in [-0.1, -0.05) is 29.8 Å². The van der Waals surface area contributed by atoms with Gasteiger partial charge >= 0.3 is 0 Å². The molecule has 0 radical (unpaired) electrons. The van der Waals surface area contributed by atoms with Crippen molar-refractivity contribution in [3.63, 3.8) is 0 Å². The zero-order valence-corrected chi connectivity index (χ0v) is 15.1. The number of hydrogen-bond acceptors (Lipinski definition) is 2. The molecule has 134 valence electrons. The van der Waals surface area contributed by atoms with Crippen LogP contribution in [-0.2, 0) is 18.3 Å². The summed E-state index contributed by atoms with van der Waals surface area (Å²) in [5, 5.41) is 4.04. The Bertz CT molecular complexity index is 1050. The first-order valence-corrected chi connectivity index (χ1v) is 8.51. The van der Waals surface area contributed by atoms with Crippen LogP contribution in [0.3, 0.4) is 0 Å². The molecule has 0 saturated carbocycles. The molecule has 26 heavy (non-hydrogen) atoms. The molecule has 1 amide bonds. The summed E-state index contributed by atoms with van der Waals surface area (Å²) in [6.07, 6.45) is 0.749. The first-order valence-electron chi connectivity index (χ1n) is 8.51. The molecule has 0 aliphatic rings. The summed E-state index contributed by atoms with van der Waals surface area (Å²) in [4.78, 5) is 24.7. The number of amides is 1. The van der Waals surface area contributed by atoms with E-state index in [-0.39, 0.29) is 17.3 Å². The molecule has 0 unspecified atom stereocenters. The van der Waals surface area contributed by atoms with E-state index in [9.17, 15) is 14.0 Å². The largest absolute Gasteiger partial charge is 0.359 e. The third-order valence-corrected chi connectivity index (χ3v) is 4.64. The Morgan fingerprint density at radius 1 is 1.15 bits per heavy atom. The minimum atomic E-state index is -0.365. The van der Waals surface area contributed by atoms with E-state index in [0.29, 0.717) is 29.5 Å². The smallest absolute Gasteiger partial charge is 0.258 e. The van der Waals surface area contributed by atoms with Crippen LogP contribution in [0.5, 0.6) is 0 Å². The number of nitrogens with one attached hydrogen (secondary N) is 1. The van der Waals surface area contributed by atoms with E-state index in [2.05, 4.69) is 5.32 Å². The molecule has 0 saturated heterocycles. The van der Waals surface area contributed by atoms with E-state index in [1.165, 1.54) is 12.1 Å². The number of carbonyl (C=O) groups excluding carboxylic acids is 1. The zero-order valence-electron chi connectivity index (χ0n) is 15.1. The summed E-state index contributed by atoms with van der Waals surface area (Å²) in [5.74, 6) is -0.444. The van der Waals surface area contributed by atoms with Gasteiger partial charge in [0.05, 0.1) is 5.69 Å². The number of fused-ring (bicyclic) bond motifs is 1. The second kappa shape index (κ2) is 7.12. The molecule has 0 atom stereocenters. The van der Waals surface area contributed by atoms with Gasteiger partial charge in [-0.2, -0.15) is 0 Å². The molecule has 5 heteroatoms. The summed E-state index contributed by atoms with van der Waals surface area (Å²) >= 11 is 0. The predicted molar refractivity (Wildman–Crippen MR) is 102 cm³/mol. The monoisotopic (exact) mass is 352 g/mol. The number of aromatic nitrogens is 1. The number of benzene rings is 2. The Hall–Kier alpha value is -2.95. The normalized spacial score (nSPS) is 10.9. The molecular formula is C21H21FN2O2. The standard InChI is InChI=1S/C21H21FN2O2/c1-13-7-8-16-17(9-10-19(25)23-2)20(14-5-4-6-15(22)12-14)24(3)21(26)18(16)11-13/h4-8,11-12H,9-10H2,1-3H3,(H,23,25). The van der Waals surface area contributed by atoms with Crippen molar-refractivity contribution in [2.75, 3.05) is 7.05 Å². The average Bonchev–Trinajstić information content (AvgIpc) is 2.63. The fraction of sp³-hybridized carbons (Fsp3) is 0.238. The van der Waals surface area contributed by atoms with Crippen molar-refractivity contribution in [1.29, 1.82) is 0 Å². The fourth-order valence-electron chi connectivity index (χ4n) is 3.33. The maximum atomic E-state index is 13.8. The van der Waals surface area contributed by atoms with Crippen molar-refractivity contribution in [1.82, 2.24) is 9.88 Å². The lowest BCUT2D eigenvalue weighted by Gasteiger charge is -2.18. The molecule has 3 aromatic rings. The summed E-state index contributed by atoms with van der Waals surface area (Å²) < 4.78 is 15.4. The quantitative estimate of drug-likeness (QED) is 0.783. The minimum Gasteiger partial charge on any atom is -0.359 e. The van der Waals surface area contributed by atoms with Crippen molar-refractivity contribution in [2.24, 2.45) is 7.05 Å². The number of hydrogen-bond donors (Lipinski definition) is 1. The van der Waals surface area contributed by atoms with Crippen LogP contribution < -0.4 is 10.9 Å². The highest BCUT2D eigenvalue weighted by atomic mass is 19.1. The van der Waals surface area contributed by atoms with Crippen molar-refractivity contribution >= 4 is 16.7 Å². The van der Waals surface area contributed by atoms with Crippen LogP contribution in [-0.4, -0.2) is 17.5 Å². The van der Waals surface area contributed by atoms with E-state index in [4.69, 9.17) is 0 Å². The van der Waals surface area contributed by atoms with Crippen LogP contribution in [0.1, 0.15) is 17.5 Å². The van der Waals surface area contributed by atoms with Gasteiger partial charge in [-0.15, -0.1) is 0 Å². The fourth-order valence-corrected chi connectivity index (χ4v) is 3.33. The van der Waals surface area contributed by atoms with Crippen LogP contribution in [0, 0.1) is 12.7 Å². The molecule has 0 aliphatic heterocycles. The molecular weight excluding hydrogens is 331 g/mol. The number of nitrogens with zero attached hydrogens (tertiary/aromatic N) is 1. The highest BCUT2D eigenvalue weighted by Crippen LogP contribution is 2.30. The van der Waals surface area contributed by atoms with E-state index in [0.717, 1.165) is 16.5 Å². The summed E-state index contributed by atoms with van der Waals surface area (Å²) in [5.41, 5.74) is 3.00. The number of pyridine rings is 1. The summed E-state index contributed by atoms with van der Waals surface area (Å²) in [6, 6.07) is 11.9. The first kappa shape index (κ1) is 17.9. The van der Waals surface area contributed by atoms with E-state index in [1.807, 2.05) is 25.1 Å². The average molecular weight is 352 g/mol. The molecule has 0 aliphatic carbocycles. The van der Waals surface area contributed by atoms with Crippen molar-refractivity contribution in [2.45, 2.75) is 19.8 Å². The van der Waals surface area contributed by atoms with Gasteiger partial charge in [0, 0.05) is 31.5 Å². The van der Waals surface area contributed by atoms with Gasteiger partial charge in [-0.25, -0.2) is 4.39 Å². The Morgan fingerprint density at radius 3 is 2.62 bits per heavy atom. The molecule has 1 N–H and O–H groups in total. The number of halogens is 1. The first-order chi connectivity index (χ1) is 12.4. The van der Waals surface area contributed by atoms with Crippen LogP contribution in [0.2, 0.25) is 0 Å². The summed E-state index contributed by atoms with van der Waals surface area (Å²) in [6.45, 7) is 1.93. The molecule has 0 spiro atoms. The minimum absolute atomic E-state index is 0.0793. The third-order valence-electron chi connectivity index (χ3n) is 4.64. The maximum Gasteiger partial charge on any atom is 0.258 e. The molecule has 2 aromatic carbocycles. The Kier molecular flexibility index (Phi) is 4.89. The van der Waals surface area contributed by atoms with Gasteiger partial charge in [-0.3, -0.25) is 9.59 Å². The number of carbonyl (C=O) groups is 1. The van der Waals surface area contributed by atoms with E-state index in [1.54, 1.807) is 30.8 Å². The Morgan fingerprint density at radius 2 is 1.92 bits per heavy atom. The van der Waals surface area contributed by atoms with Gasteiger partial charge in [0.2, 0.25) is 5.91 Å². The van der Waals surface area contributed by atoms with Crippen LogP contribution in [0.25, 0.3) is 22.0 Å². The lowest BCUT2D eigenvalue weighted by molar-refractivity contribution is -0.120. The van der Waals surface area contributed by atoms with Gasteiger partial charge in [0.15, 0.2) is 0 Å². The highest BCUT2D eigenvalue weighted by Gasteiger charge is 2.17. The second-order valence-electron chi connectivity index (χ2n) is 6.42. The maximum absolute atomic E-state index is 13.8. The van der Waals surface area contributed by atoms with Crippen LogP contribution in [0.15, 0.2) is 47.3 Å². The molecule has 4 nitrogen and oxygen atoms in total. The SMILES string of the molecule is CNC(=O)CCc1c(-c2cccc(F)c2)n(C)c(=O)c2cc(C)ccc12. The lowest BCUT2D eigenvalue weighted by atomic mass is 9.94. The zero-order chi connectivity index (χ0) is 18.8.